The van der Waals surface area contributed by atoms with E-state index in [9.17, 15) is 10.1 Å². The van der Waals surface area contributed by atoms with Gasteiger partial charge in [-0.15, -0.1) is 0 Å². The molecule has 20 heavy (non-hydrogen) atoms. The van der Waals surface area contributed by atoms with Crippen molar-refractivity contribution in [1.29, 1.82) is 5.26 Å². The summed E-state index contributed by atoms with van der Waals surface area (Å²) < 4.78 is 1.31. The summed E-state index contributed by atoms with van der Waals surface area (Å²) in [6.45, 7) is 6.41. The fourth-order valence-corrected chi connectivity index (χ4v) is 1.97. The highest BCUT2D eigenvalue weighted by Gasteiger charge is 2.14. The zero-order valence-corrected chi connectivity index (χ0v) is 12.1. The summed E-state index contributed by atoms with van der Waals surface area (Å²) in [6.07, 6.45) is 1.52. The third-order valence-corrected chi connectivity index (χ3v) is 3.23. The van der Waals surface area contributed by atoms with Gasteiger partial charge in [0, 0.05) is 18.8 Å². The Hall–Kier alpha value is -2.41. The lowest BCUT2D eigenvalue weighted by Gasteiger charge is -2.19. The predicted octanol–water partition coefficient (Wildman–Crippen LogP) is 2.62. The minimum atomic E-state index is -0.362. The lowest BCUT2D eigenvalue weighted by Crippen LogP contribution is -2.20. The summed E-state index contributed by atoms with van der Waals surface area (Å²) in [5.41, 5.74) is 2.53. The number of nitrogens with zero attached hydrogens (tertiary/aromatic N) is 3. The predicted molar refractivity (Wildman–Crippen MR) is 78.3 cm³/mol. The van der Waals surface area contributed by atoms with Crippen LogP contribution in [0.15, 0.2) is 35.3 Å². The van der Waals surface area contributed by atoms with Crippen molar-refractivity contribution < 1.29 is 0 Å². The molecular weight excluding hydrogens is 250 g/mol. The zero-order chi connectivity index (χ0) is 14.9. The van der Waals surface area contributed by atoms with E-state index < -0.39 is 0 Å². The maximum Gasteiger partial charge on any atom is 0.347 e. The Morgan fingerprint density at radius 2 is 1.80 bits per heavy atom. The molecule has 1 aromatic carbocycles. The van der Waals surface area contributed by atoms with Crippen LogP contribution in [0.25, 0.3) is 11.3 Å². The topological polar surface area (TPSA) is 58.7 Å². The molecule has 0 fully saturated rings. The van der Waals surface area contributed by atoms with Crippen LogP contribution in [0.1, 0.15) is 31.9 Å². The van der Waals surface area contributed by atoms with Gasteiger partial charge in [-0.25, -0.2) is 4.79 Å². The van der Waals surface area contributed by atoms with Gasteiger partial charge in [-0.3, -0.25) is 0 Å². The summed E-state index contributed by atoms with van der Waals surface area (Å²) in [5, 5.41) is 9.17. The first-order valence-corrected chi connectivity index (χ1v) is 6.41. The maximum absolute atomic E-state index is 11.6. The van der Waals surface area contributed by atoms with E-state index in [0.717, 1.165) is 5.56 Å². The average Bonchev–Trinajstić information content (AvgIpc) is 2.40. The molecule has 0 saturated heterocycles. The van der Waals surface area contributed by atoms with Crippen molar-refractivity contribution in [2.24, 2.45) is 7.05 Å². The van der Waals surface area contributed by atoms with Gasteiger partial charge in [0.2, 0.25) is 0 Å². The molecule has 0 aliphatic rings. The quantitative estimate of drug-likeness (QED) is 0.798. The van der Waals surface area contributed by atoms with E-state index in [0.29, 0.717) is 11.3 Å². The minimum absolute atomic E-state index is 0.0663. The highest BCUT2D eigenvalue weighted by molar-refractivity contribution is 5.66. The molecule has 0 unspecified atom stereocenters. The second-order valence-electron chi connectivity index (χ2n) is 5.84. The van der Waals surface area contributed by atoms with E-state index >= 15 is 0 Å². The molecule has 0 N–H and O–H groups in total. The van der Waals surface area contributed by atoms with Crippen molar-refractivity contribution in [3.05, 3.63) is 52.1 Å². The highest BCUT2D eigenvalue weighted by atomic mass is 16.1. The summed E-state index contributed by atoms with van der Waals surface area (Å²) >= 11 is 0. The molecule has 0 spiro atoms. The van der Waals surface area contributed by atoms with Crippen molar-refractivity contribution in [1.82, 2.24) is 9.55 Å². The van der Waals surface area contributed by atoms with Crippen LogP contribution in [0.4, 0.5) is 0 Å². The lowest BCUT2D eigenvalue weighted by molar-refractivity contribution is 0.590. The normalized spacial score (nSPS) is 11.2. The number of aromatic nitrogens is 2. The maximum atomic E-state index is 11.6. The molecule has 0 aliphatic carbocycles. The molecule has 2 aromatic rings. The number of hydrogen-bond donors (Lipinski definition) is 0. The molecule has 0 saturated carbocycles. The van der Waals surface area contributed by atoms with Gasteiger partial charge < -0.3 is 4.57 Å². The van der Waals surface area contributed by atoms with E-state index in [-0.39, 0.29) is 11.1 Å². The Balaban J connectivity index is 2.56. The average molecular weight is 267 g/mol. The molecule has 0 atom stereocenters. The molecule has 0 radical (unpaired) electrons. The van der Waals surface area contributed by atoms with Gasteiger partial charge >= 0.3 is 5.69 Å². The minimum Gasteiger partial charge on any atom is -0.301 e. The Labute approximate surface area is 118 Å². The molecule has 0 amide bonds. The third-order valence-electron chi connectivity index (χ3n) is 3.23. The molecule has 0 bridgehead atoms. The van der Waals surface area contributed by atoms with Crippen LogP contribution in [0.5, 0.6) is 0 Å². The first-order chi connectivity index (χ1) is 9.32. The summed E-state index contributed by atoms with van der Waals surface area (Å²) in [5.74, 6) is 0. The first-order valence-electron chi connectivity index (χ1n) is 6.41. The monoisotopic (exact) mass is 267 g/mol. The second kappa shape index (κ2) is 4.93. The number of hydrogen-bond acceptors (Lipinski definition) is 3. The standard InChI is InChI=1S/C16H17N3O/c1-16(2,3)13-7-5-11(6-8-13)14-12(9-17)10-19(4)15(20)18-14/h5-8,10H,1-4H3. The van der Waals surface area contributed by atoms with E-state index in [2.05, 4.69) is 31.8 Å². The zero-order valence-electron chi connectivity index (χ0n) is 12.1. The van der Waals surface area contributed by atoms with Gasteiger partial charge in [0.15, 0.2) is 0 Å². The molecule has 4 heteroatoms. The molecule has 2 rings (SSSR count). The van der Waals surface area contributed by atoms with E-state index in [1.54, 1.807) is 7.05 Å². The smallest absolute Gasteiger partial charge is 0.301 e. The van der Waals surface area contributed by atoms with Gasteiger partial charge in [0.05, 0.1) is 11.3 Å². The Morgan fingerprint density at radius 1 is 1.20 bits per heavy atom. The Morgan fingerprint density at radius 3 is 2.30 bits per heavy atom. The third kappa shape index (κ3) is 2.62. The molecule has 4 nitrogen and oxygen atoms in total. The number of aryl methyl sites for hydroxylation is 1. The van der Waals surface area contributed by atoms with Crippen molar-refractivity contribution >= 4 is 0 Å². The van der Waals surface area contributed by atoms with E-state index in [1.807, 2.05) is 24.3 Å². The number of benzene rings is 1. The largest absolute Gasteiger partial charge is 0.347 e. The van der Waals surface area contributed by atoms with Crippen LogP contribution < -0.4 is 5.69 Å². The van der Waals surface area contributed by atoms with Gasteiger partial charge in [-0.1, -0.05) is 45.0 Å². The molecule has 0 aliphatic heterocycles. The molecular formula is C16H17N3O. The fourth-order valence-electron chi connectivity index (χ4n) is 1.97. The van der Waals surface area contributed by atoms with Gasteiger partial charge in [-0.2, -0.15) is 10.2 Å². The van der Waals surface area contributed by atoms with Crippen LogP contribution in [-0.4, -0.2) is 9.55 Å². The van der Waals surface area contributed by atoms with Crippen molar-refractivity contribution in [2.75, 3.05) is 0 Å². The van der Waals surface area contributed by atoms with Crippen molar-refractivity contribution in [2.45, 2.75) is 26.2 Å². The summed E-state index contributed by atoms with van der Waals surface area (Å²) in [7, 11) is 1.59. The number of rotatable bonds is 1. The van der Waals surface area contributed by atoms with Crippen LogP contribution in [0, 0.1) is 11.3 Å². The lowest BCUT2D eigenvalue weighted by atomic mass is 9.86. The van der Waals surface area contributed by atoms with Crippen LogP contribution in [0.3, 0.4) is 0 Å². The van der Waals surface area contributed by atoms with Crippen LogP contribution in [0.2, 0.25) is 0 Å². The SMILES string of the molecule is Cn1cc(C#N)c(-c2ccc(C(C)(C)C)cc2)nc1=O. The molecule has 1 aromatic heterocycles. The summed E-state index contributed by atoms with van der Waals surface area (Å²) in [4.78, 5) is 15.6. The van der Waals surface area contributed by atoms with Crippen molar-refractivity contribution in [3.8, 4) is 17.3 Å². The van der Waals surface area contributed by atoms with Crippen LogP contribution in [-0.2, 0) is 12.5 Å². The van der Waals surface area contributed by atoms with Crippen molar-refractivity contribution in [3.63, 3.8) is 0 Å². The van der Waals surface area contributed by atoms with E-state index in [1.165, 1.54) is 16.3 Å². The Bertz CT molecular complexity index is 728. The van der Waals surface area contributed by atoms with Gasteiger partial charge in [-0.05, 0) is 11.0 Å². The second-order valence-corrected chi connectivity index (χ2v) is 5.84. The fraction of sp³-hybridized carbons (Fsp3) is 0.312. The van der Waals surface area contributed by atoms with E-state index in [4.69, 9.17) is 0 Å². The van der Waals surface area contributed by atoms with Gasteiger partial charge in [0.25, 0.3) is 0 Å². The first kappa shape index (κ1) is 14.0. The van der Waals surface area contributed by atoms with Gasteiger partial charge in [0.1, 0.15) is 6.07 Å². The molecule has 1 heterocycles. The van der Waals surface area contributed by atoms with Crippen LogP contribution >= 0.6 is 0 Å². The Kier molecular flexibility index (Phi) is 3.46. The highest BCUT2D eigenvalue weighted by Crippen LogP contribution is 2.26. The number of nitriles is 1. The molecule has 102 valence electrons. The summed E-state index contributed by atoms with van der Waals surface area (Å²) in [6, 6.07) is 9.92.